The van der Waals surface area contributed by atoms with Gasteiger partial charge in [0.25, 0.3) is 0 Å². The molecule has 18 heavy (non-hydrogen) atoms. The lowest BCUT2D eigenvalue weighted by Crippen LogP contribution is -2.38. The van der Waals surface area contributed by atoms with Crippen LogP contribution in [0.2, 0.25) is 0 Å². The Morgan fingerprint density at radius 2 is 2.06 bits per heavy atom. The molecule has 1 atom stereocenters. The molecule has 1 fully saturated rings. The third-order valence-electron chi connectivity index (χ3n) is 3.17. The number of rotatable bonds is 4. The normalized spacial score (nSPS) is 18.6. The van der Waals surface area contributed by atoms with Gasteiger partial charge in [0, 0.05) is 18.7 Å². The van der Waals surface area contributed by atoms with E-state index in [2.05, 4.69) is 15.2 Å². The lowest BCUT2D eigenvalue weighted by Gasteiger charge is -2.29. The molecule has 0 saturated carbocycles. The second-order valence-electron chi connectivity index (χ2n) is 4.89. The van der Waals surface area contributed by atoms with Gasteiger partial charge in [0.05, 0.1) is 6.20 Å². The fourth-order valence-electron chi connectivity index (χ4n) is 2.33. The van der Waals surface area contributed by atoms with Gasteiger partial charge in [0.15, 0.2) is 11.6 Å². The molecular formula is C13H19F2N3. The molecule has 1 aromatic rings. The summed E-state index contributed by atoms with van der Waals surface area (Å²) in [6.07, 6.45) is 4.79. The molecule has 1 aromatic heterocycles. The van der Waals surface area contributed by atoms with Crippen LogP contribution in [0, 0.1) is 11.6 Å². The molecule has 0 amide bonds. The minimum Gasteiger partial charge on any atom is -0.364 e. The summed E-state index contributed by atoms with van der Waals surface area (Å²) in [6, 6.07) is 0.943. The van der Waals surface area contributed by atoms with Crippen molar-refractivity contribution in [3.63, 3.8) is 0 Å². The van der Waals surface area contributed by atoms with Gasteiger partial charge >= 0.3 is 0 Å². The number of piperidine rings is 1. The summed E-state index contributed by atoms with van der Waals surface area (Å²) in [7, 11) is 0. The standard InChI is InChI=1S/C13H19F2N3/c1-10(9-18-5-3-2-4-6-18)17-13-12(15)7-11(14)8-16-13/h7-8,10H,2-6,9H2,1H3,(H,16,17). The maximum absolute atomic E-state index is 13.4. The van der Waals surface area contributed by atoms with E-state index in [4.69, 9.17) is 0 Å². The Morgan fingerprint density at radius 3 is 2.72 bits per heavy atom. The van der Waals surface area contributed by atoms with E-state index >= 15 is 0 Å². The Bertz CT molecular complexity index is 392. The first-order chi connectivity index (χ1) is 8.65. The van der Waals surface area contributed by atoms with Crippen LogP contribution < -0.4 is 5.32 Å². The van der Waals surface area contributed by atoms with Crippen LogP contribution in [0.25, 0.3) is 0 Å². The zero-order chi connectivity index (χ0) is 13.0. The van der Waals surface area contributed by atoms with Gasteiger partial charge in [0.2, 0.25) is 0 Å². The van der Waals surface area contributed by atoms with Gasteiger partial charge in [-0.25, -0.2) is 13.8 Å². The molecule has 3 nitrogen and oxygen atoms in total. The number of nitrogens with zero attached hydrogens (tertiary/aromatic N) is 2. The first kappa shape index (κ1) is 13.2. The molecule has 0 bridgehead atoms. The van der Waals surface area contributed by atoms with Crippen molar-refractivity contribution in [2.24, 2.45) is 0 Å². The third-order valence-corrected chi connectivity index (χ3v) is 3.17. The van der Waals surface area contributed by atoms with Crippen LogP contribution in [0.5, 0.6) is 0 Å². The van der Waals surface area contributed by atoms with Gasteiger partial charge in [-0.1, -0.05) is 6.42 Å². The molecule has 2 heterocycles. The summed E-state index contributed by atoms with van der Waals surface area (Å²) in [6.45, 7) is 5.05. The molecule has 1 aliphatic rings. The van der Waals surface area contributed by atoms with E-state index in [1.807, 2.05) is 6.92 Å². The molecule has 0 spiro atoms. The number of pyridine rings is 1. The average molecular weight is 255 g/mol. The highest BCUT2D eigenvalue weighted by Crippen LogP contribution is 2.14. The van der Waals surface area contributed by atoms with Crippen LogP contribution in [0.1, 0.15) is 26.2 Å². The van der Waals surface area contributed by atoms with E-state index in [1.54, 1.807) is 0 Å². The third kappa shape index (κ3) is 3.63. The minimum absolute atomic E-state index is 0.0931. The predicted octanol–water partition coefficient (Wildman–Crippen LogP) is 2.65. The second kappa shape index (κ2) is 6.09. The summed E-state index contributed by atoms with van der Waals surface area (Å²) in [5, 5.41) is 2.99. The van der Waals surface area contributed by atoms with Crippen molar-refractivity contribution in [1.82, 2.24) is 9.88 Å². The van der Waals surface area contributed by atoms with Crippen molar-refractivity contribution in [3.05, 3.63) is 23.9 Å². The molecule has 1 aliphatic heterocycles. The van der Waals surface area contributed by atoms with E-state index in [1.165, 1.54) is 19.3 Å². The van der Waals surface area contributed by atoms with Gasteiger partial charge in [-0.05, 0) is 32.9 Å². The molecule has 0 aliphatic carbocycles. The summed E-state index contributed by atoms with van der Waals surface area (Å²) in [5.74, 6) is -1.16. The van der Waals surface area contributed by atoms with Crippen LogP contribution in [0.15, 0.2) is 12.3 Å². The molecule has 1 N–H and O–H groups in total. The van der Waals surface area contributed by atoms with Gasteiger partial charge in [0.1, 0.15) is 5.82 Å². The van der Waals surface area contributed by atoms with Crippen LogP contribution in [-0.2, 0) is 0 Å². The fraction of sp³-hybridized carbons (Fsp3) is 0.615. The zero-order valence-electron chi connectivity index (χ0n) is 10.6. The van der Waals surface area contributed by atoms with Crippen LogP contribution in [0.4, 0.5) is 14.6 Å². The molecule has 5 heteroatoms. The van der Waals surface area contributed by atoms with Crippen molar-refractivity contribution in [3.8, 4) is 0 Å². The second-order valence-corrected chi connectivity index (χ2v) is 4.89. The topological polar surface area (TPSA) is 28.2 Å². The number of hydrogen-bond acceptors (Lipinski definition) is 3. The molecule has 100 valence electrons. The number of aromatic nitrogens is 1. The molecule has 1 saturated heterocycles. The van der Waals surface area contributed by atoms with E-state index < -0.39 is 11.6 Å². The van der Waals surface area contributed by atoms with Crippen molar-refractivity contribution in [1.29, 1.82) is 0 Å². The van der Waals surface area contributed by atoms with Crippen molar-refractivity contribution in [2.75, 3.05) is 25.0 Å². The summed E-state index contributed by atoms with van der Waals surface area (Å²) in [4.78, 5) is 6.09. The van der Waals surface area contributed by atoms with E-state index in [-0.39, 0.29) is 11.9 Å². The first-order valence-electron chi connectivity index (χ1n) is 6.45. The SMILES string of the molecule is CC(CN1CCCCC1)Nc1ncc(F)cc1F. The largest absolute Gasteiger partial charge is 0.364 e. The lowest BCUT2D eigenvalue weighted by molar-refractivity contribution is 0.223. The highest BCUT2D eigenvalue weighted by molar-refractivity contribution is 5.36. The van der Waals surface area contributed by atoms with Gasteiger partial charge in [-0.15, -0.1) is 0 Å². The quantitative estimate of drug-likeness (QED) is 0.896. The Morgan fingerprint density at radius 1 is 1.33 bits per heavy atom. The molecular weight excluding hydrogens is 236 g/mol. The number of nitrogens with one attached hydrogen (secondary N) is 1. The number of anilines is 1. The maximum atomic E-state index is 13.4. The summed E-state index contributed by atoms with van der Waals surface area (Å²) < 4.78 is 26.1. The highest BCUT2D eigenvalue weighted by atomic mass is 19.1. The fourth-order valence-corrected chi connectivity index (χ4v) is 2.33. The molecule has 0 aromatic carbocycles. The zero-order valence-corrected chi connectivity index (χ0v) is 10.6. The number of halogens is 2. The molecule has 0 radical (unpaired) electrons. The van der Waals surface area contributed by atoms with Crippen molar-refractivity contribution < 1.29 is 8.78 Å². The Hall–Kier alpha value is -1.23. The van der Waals surface area contributed by atoms with Crippen LogP contribution >= 0.6 is 0 Å². The van der Waals surface area contributed by atoms with Gasteiger partial charge < -0.3 is 10.2 Å². The number of hydrogen-bond donors (Lipinski definition) is 1. The van der Waals surface area contributed by atoms with Crippen molar-refractivity contribution in [2.45, 2.75) is 32.2 Å². The van der Waals surface area contributed by atoms with Crippen LogP contribution in [-0.4, -0.2) is 35.6 Å². The van der Waals surface area contributed by atoms with Crippen molar-refractivity contribution >= 4 is 5.82 Å². The smallest absolute Gasteiger partial charge is 0.168 e. The average Bonchev–Trinajstić information content (AvgIpc) is 2.34. The maximum Gasteiger partial charge on any atom is 0.168 e. The van der Waals surface area contributed by atoms with E-state index in [0.29, 0.717) is 0 Å². The lowest BCUT2D eigenvalue weighted by atomic mass is 10.1. The number of likely N-dealkylation sites (tertiary alicyclic amines) is 1. The monoisotopic (exact) mass is 255 g/mol. The van der Waals surface area contributed by atoms with Gasteiger partial charge in [-0.2, -0.15) is 0 Å². The minimum atomic E-state index is -0.651. The summed E-state index contributed by atoms with van der Waals surface area (Å²) in [5.41, 5.74) is 0. The Labute approximate surface area is 106 Å². The Kier molecular flexibility index (Phi) is 4.47. The summed E-state index contributed by atoms with van der Waals surface area (Å²) >= 11 is 0. The Balaban J connectivity index is 1.87. The van der Waals surface area contributed by atoms with Crippen LogP contribution in [0.3, 0.4) is 0 Å². The van der Waals surface area contributed by atoms with E-state index in [0.717, 1.165) is 31.9 Å². The highest BCUT2D eigenvalue weighted by Gasteiger charge is 2.15. The molecule has 2 rings (SSSR count). The molecule has 1 unspecified atom stereocenters. The predicted molar refractivity (Wildman–Crippen MR) is 67.5 cm³/mol. The van der Waals surface area contributed by atoms with E-state index in [9.17, 15) is 8.78 Å². The first-order valence-corrected chi connectivity index (χ1v) is 6.45. The van der Waals surface area contributed by atoms with Gasteiger partial charge in [-0.3, -0.25) is 0 Å².